The first kappa shape index (κ1) is 26.4. The first-order chi connectivity index (χ1) is 15.7. The van der Waals surface area contributed by atoms with Crippen LogP contribution < -0.4 is 10.6 Å². The first-order valence-electron chi connectivity index (χ1n) is 10.8. The van der Waals surface area contributed by atoms with E-state index in [1.807, 2.05) is 0 Å². The van der Waals surface area contributed by atoms with Crippen molar-refractivity contribution in [1.82, 2.24) is 5.32 Å². The third-order valence-corrected chi connectivity index (χ3v) is 7.86. The van der Waals surface area contributed by atoms with Crippen LogP contribution in [-0.4, -0.2) is 29.6 Å². The number of alkyl halides is 2. The highest BCUT2D eigenvalue weighted by Gasteiger charge is 2.76. The Bertz CT molecular complexity index is 1010. The minimum absolute atomic E-state index is 0.151. The molecule has 2 atom stereocenters. The fraction of sp³-hybridized carbons (Fsp3) is 0.417. The van der Waals surface area contributed by atoms with Gasteiger partial charge in [0.15, 0.2) is 0 Å². The molecule has 33 heavy (non-hydrogen) atoms. The predicted octanol–water partition coefficient (Wildman–Crippen LogP) is 7.53. The van der Waals surface area contributed by atoms with Gasteiger partial charge in [0.2, 0.25) is 0 Å². The number of amides is 1. The Morgan fingerprint density at radius 3 is 2.36 bits per heavy atom. The monoisotopic (exact) mass is 548 g/mol. The van der Waals surface area contributed by atoms with Crippen molar-refractivity contribution in [1.29, 1.82) is 0 Å². The van der Waals surface area contributed by atoms with Gasteiger partial charge in [-0.15, -0.1) is 0 Å². The van der Waals surface area contributed by atoms with Crippen LogP contribution in [0, 0.1) is 5.41 Å². The van der Waals surface area contributed by atoms with E-state index in [9.17, 15) is 9.59 Å². The molecule has 9 heteroatoms. The van der Waals surface area contributed by atoms with Crippen LogP contribution in [-0.2, 0) is 4.79 Å². The number of carbonyl (C=O) groups is 2. The lowest BCUT2D eigenvalue weighted by atomic mass is 10.00. The Balaban J connectivity index is 1.71. The Hall–Kier alpha value is -1.17. The molecule has 2 aromatic carbocycles. The molecule has 1 saturated carbocycles. The van der Waals surface area contributed by atoms with Gasteiger partial charge in [0.25, 0.3) is 5.91 Å². The lowest BCUT2D eigenvalue weighted by Crippen LogP contribution is -2.25. The molecule has 0 heterocycles. The molecule has 1 amide bonds. The molecule has 3 rings (SSSR count). The summed E-state index contributed by atoms with van der Waals surface area (Å²) in [6.45, 7) is 2.88. The van der Waals surface area contributed by atoms with Crippen molar-refractivity contribution < 1.29 is 9.59 Å². The Morgan fingerprint density at radius 2 is 1.73 bits per heavy atom. The van der Waals surface area contributed by atoms with Gasteiger partial charge in [-0.2, -0.15) is 0 Å². The molecule has 2 aromatic rings. The average Bonchev–Trinajstić information content (AvgIpc) is 3.26. The van der Waals surface area contributed by atoms with Crippen molar-refractivity contribution in [2.24, 2.45) is 5.41 Å². The number of rotatable bonds is 11. The third-order valence-electron chi connectivity index (χ3n) is 5.96. The zero-order chi connectivity index (χ0) is 24.2. The highest BCUT2D eigenvalue weighted by molar-refractivity contribution is 6.54. The van der Waals surface area contributed by atoms with Crippen LogP contribution in [0.3, 0.4) is 0 Å². The van der Waals surface area contributed by atoms with Crippen LogP contribution in [0.2, 0.25) is 15.1 Å². The van der Waals surface area contributed by atoms with Gasteiger partial charge in [0.05, 0.1) is 16.0 Å². The second-order valence-electron chi connectivity index (χ2n) is 8.28. The van der Waals surface area contributed by atoms with E-state index in [4.69, 9.17) is 58.0 Å². The zero-order valence-electron chi connectivity index (χ0n) is 18.1. The van der Waals surface area contributed by atoms with E-state index in [0.29, 0.717) is 38.4 Å². The van der Waals surface area contributed by atoms with Crippen molar-refractivity contribution in [2.45, 2.75) is 42.9 Å². The maximum Gasteiger partial charge on any atom is 0.252 e. The van der Waals surface area contributed by atoms with Gasteiger partial charge >= 0.3 is 0 Å². The Kier molecular flexibility index (Phi) is 8.85. The topological polar surface area (TPSA) is 58.2 Å². The normalized spacial score (nSPS) is 20.8. The number of hydrogen-bond acceptors (Lipinski definition) is 3. The summed E-state index contributed by atoms with van der Waals surface area (Å²) in [6, 6.07) is 10.0. The summed E-state index contributed by atoms with van der Waals surface area (Å²) >= 11 is 31.6. The van der Waals surface area contributed by atoms with Gasteiger partial charge in [0.1, 0.15) is 10.6 Å². The number of aldehydes is 1. The number of halogens is 5. The fourth-order valence-corrected chi connectivity index (χ4v) is 5.76. The molecular weight excluding hydrogens is 526 g/mol. The number of carbonyl (C=O) groups excluding carboxylic acids is 2. The summed E-state index contributed by atoms with van der Waals surface area (Å²) in [7, 11) is 0. The summed E-state index contributed by atoms with van der Waals surface area (Å²) in [4.78, 5) is 24.7. The lowest BCUT2D eigenvalue weighted by Gasteiger charge is -2.15. The van der Waals surface area contributed by atoms with Crippen LogP contribution in [0.5, 0.6) is 0 Å². The van der Waals surface area contributed by atoms with Crippen LogP contribution in [0.15, 0.2) is 36.4 Å². The van der Waals surface area contributed by atoms with Gasteiger partial charge in [-0.1, -0.05) is 84.2 Å². The molecule has 1 aliphatic rings. The minimum atomic E-state index is -1.33. The molecule has 4 nitrogen and oxygen atoms in total. The zero-order valence-corrected chi connectivity index (χ0v) is 21.8. The van der Waals surface area contributed by atoms with Crippen LogP contribution in [0.25, 0.3) is 0 Å². The van der Waals surface area contributed by atoms with E-state index in [1.54, 1.807) is 36.4 Å². The minimum Gasteiger partial charge on any atom is -0.384 e. The second-order valence-corrected chi connectivity index (χ2v) is 10.9. The van der Waals surface area contributed by atoms with Crippen molar-refractivity contribution in [3.05, 3.63) is 62.6 Å². The van der Waals surface area contributed by atoms with Crippen molar-refractivity contribution >= 4 is 75.9 Å². The number of benzene rings is 2. The highest BCUT2D eigenvalue weighted by Crippen LogP contribution is 2.73. The molecule has 1 fully saturated rings. The molecule has 0 aromatic heterocycles. The molecule has 1 aliphatic carbocycles. The van der Waals surface area contributed by atoms with Crippen molar-refractivity contribution in [3.63, 3.8) is 0 Å². The van der Waals surface area contributed by atoms with E-state index in [-0.39, 0.29) is 12.5 Å². The number of hydrogen-bond donors (Lipinski definition) is 2. The van der Waals surface area contributed by atoms with E-state index in [1.165, 1.54) is 0 Å². The fourth-order valence-electron chi connectivity index (χ4n) is 4.04. The summed E-state index contributed by atoms with van der Waals surface area (Å²) in [5.74, 6) is -0.736. The third kappa shape index (κ3) is 5.74. The number of unbranched alkanes of at least 4 members (excludes halogenated alkanes) is 3. The number of nitrogens with one attached hydrogen (secondary N) is 2. The molecule has 0 radical (unpaired) electrons. The first-order valence-corrected chi connectivity index (χ1v) is 12.7. The van der Waals surface area contributed by atoms with Crippen LogP contribution in [0.4, 0.5) is 5.69 Å². The maximum absolute atomic E-state index is 12.6. The van der Waals surface area contributed by atoms with Gasteiger partial charge < -0.3 is 15.4 Å². The van der Waals surface area contributed by atoms with Crippen LogP contribution >= 0.6 is 58.0 Å². The molecule has 0 bridgehead atoms. The summed E-state index contributed by atoms with van der Waals surface area (Å²) in [5.41, 5.74) is 0.571. The molecule has 0 saturated heterocycles. The average molecular weight is 551 g/mol. The largest absolute Gasteiger partial charge is 0.384 e. The molecule has 178 valence electrons. The maximum atomic E-state index is 12.6. The quantitative estimate of drug-likeness (QED) is 0.173. The Labute approximate surface area is 219 Å². The molecule has 0 spiro atoms. The smallest absolute Gasteiger partial charge is 0.252 e. The second kappa shape index (κ2) is 11.0. The SMILES string of the molecule is CCCCCCNC(=O)c1cc(NCC2(C=O)C(c3cc(Cl)cc(Cl)c3)C2(Cl)Cl)ccc1Cl. The van der Waals surface area contributed by atoms with E-state index in [2.05, 4.69) is 17.6 Å². The van der Waals surface area contributed by atoms with Crippen LogP contribution in [0.1, 0.15) is 54.4 Å². The van der Waals surface area contributed by atoms with Gasteiger partial charge in [0, 0.05) is 34.7 Å². The van der Waals surface area contributed by atoms with E-state index < -0.39 is 15.7 Å². The highest BCUT2D eigenvalue weighted by atomic mass is 35.5. The van der Waals surface area contributed by atoms with Gasteiger partial charge in [-0.05, 0) is 48.4 Å². The number of anilines is 1. The molecule has 0 aliphatic heterocycles. The molecule has 2 N–H and O–H groups in total. The van der Waals surface area contributed by atoms with E-state index in [0.717, 1.165) is 32.0 Å². The summed E-state index contributed by atoms with van der Waals surface area (Å²) in [6.07, 6.45) is 5.02. The van der Waals surface area contributed by atoms with Crippen molar-refractivity contribution in [2.75, 3.05) is 18.4 Å². The summed E-state index contributed by atoms with van der Waals surface area (Å²) in [5, 5.41) is 7.30. The lowest BCUT2D eigenvalue weighted by molar-refractivity contribution is -0.112. The van der Waals surface area contributed by atoms with E-state index >= 15 is 0 Å². The van der Waals surface area contributed by atoms with Gasteiger partial charge in [-0.3, -0.25) is 4.79 Å². The van der Waals surface area contributed by atoms with Gasteiger partial charge in [-0.25, -0.2) is 0 Å². The molecular formula is C24H25Cl5N2O2. The Morgan fingerprint density at radius 1 is 1.03 bits per heavy atom. The van der Waals surface area contributed by atoms with Crippen molar-refractivity contribution in [3.8, 4) is 0 Å². The standard InChI is InChI=1S/C24H25Cl5N2O2/c1-2-3-4-5-8-30-22(33)19-12-18(6-7-20(19)27)31-13-23(14-32)21(24(23,28)29)15-9-16(25)11-17(26)10-15/h6-7,9-12,14,21,31H,2-5,8,13H2,1H3,(H,30,33). The summed E-state index contributed by atoms with van der Waals surface area (Å²) < 4.78 is -1.33. The molecule has 2 unspecified atom stereocenters. The predicted molar refractivity (Wildman–Crippen MR) is 139 cm³/mol.